The molecule has 0 saturated heterocycles. The summed E-state index contributed by atoms with van der Waals surface area (Å²) in [5.74, 6) is 2.47. The average molecular weight is 212 g/mol. The highest BCUT2D eigenvalue weighted by molar-refractivity contribution is 5.88. The predicted octanol–water partition coefficient (Wildman–Crippen LogP) is 0.518. The Bertz CT molecular complexity index is 301. The second-order valence-corrected chi connectivity index (χ2v) is 2.47. The quantitative estimate of drug-likeness (QED) is 0.330. The number of hydrogen-bond acceptors (Lipinski definition) is 4. The summed E-state index contributed by atoms with van der Waals surface area (Å²) in [4.78, 5) is 18.9. The van der Waals surface area contributed by atoms with Gasteiger partial charge in [0.25, 0.3) is 0 Å². The van der Waals surface area contributed by atoms with Gasteiger partial charge in [-0.15, -0.1) is 0 Å². The van der Waals surface area contributed by atoms with E-state index in [9.17, 15) is 9.59 Å². The molecule has 0 unspecified atom stereocenters. The molecule has 0 aliphatic rings. The van der Waals surface area contributed by atoms with Gasteiger partial charge in [-0.25, -0.2) is 0 Å². The maximum atomic E-state index is 9.43. The minimum Gasteiger partial charge on any atom is -0.481 e. The summed E-state index contributed by atoms with van der Waals surface area (Å²) in [5, 5.41) is 15.4. The smallest absolute Gasteiger partial charge is 0.314 e. The molecule has 82 valence electrons. The first-order valence-corrected chi connectivity index (χ1v) is 4.01. The number of hydrogen-bond donors (Lipinski definition) is 4. The number of nitrogens with one attached hydrogen (secondary N) is 1. The lowest BCUT2D eigenvalue weighted by atomic mass is 10.3. The average Bonchev–Trinajstić information content (AvgIpc) is 2.18. The molecule has 0 aromatic heterocycles. The number of rotatable bonds is 3. The van der Waals surface area contributed by atoms with Crippen LogP contribution in [0.15, 0.2) is 30.3 Å². The van der Waals surface area contributed by atoms with E-state index in [0.717, 1.165) is 5.69 Å². The van der Waals surface area contributed by atoms with Gasteiger partial charge < -0.3 is 15.6 Å². The first-order chi connectivity index (χ1) is 7.06. The SMILES string of the molecule is NNc1ccccc1.O=C(O)CC(=O)O. The number of anilines is 1. The Morgan fingerprint density at radius 3 is 1.80 bits per heavy atom. The number of carbonyl (C=O) groups is 2. The van der Waals surface area contributed by atoms with Crippen molar-refractivity contribution >= 4 is 17.6 Å². The van der Waals surface area contributed by atoms with Crippen molar-refractivity contribution in [1.82, 2.24) is 0 Å². The van der Waals surface area contributed by atoms with Crippen molar-refractivity contribution in [3.63, 3.8) is 0 Å². The van der Waals surface area contributed by atoms with E-state index < -0.39 is 18.4 Å². The number of carboxylic acid groups (broad SMARTS) is 2. The summed E-state index contributed by atoms with van der Waals surface area (Å²) in [6, 6.07) is 9.60. The minimum absolute atomic E-state index is 0.806. The number of nitrogens with two attached hydrogens (primary N) is 1. The van der Waals surface area contributed by atoms with Crippen LogP contribution in [0.25, 0.3) is 0 Å². The van der Waals surface area contributed by atoms with Crippen molar-refractivity contribution in [2.24, 2.45) is 5.84 Å². The Kier molecular flexibility index (Phi) is 6.32. The van der Waals surface area contributed by atoms with Crippen LogP contribution < -0.4 is 11.3 Å². The Morgan fingerprint density at radius 2 is 1.60 bits per heavy atom. The molecule has 0 aliphatic heterocycles. The fourth-order valence-corrected chi connectivity index (χ4v) is 0.664. The molecular formula is C9H12N2O4. The molecule has 0 aliphatic carbocycles. The van der Waals surface area contributed by atoms with Crippen LogP contribution in [0.2, 0.25) is 0 Å². The van der Waals surface area contributed by atoms with E-state index in [1.807, 2.05) is 30.3 Å². The number of hydrazine groups is 1. The second kappa shape index (κ2) is 7.34. The van der Waals surface area contributed by atoms with Crippen molar-refractivity contribution in [2.45, 2.75) is 6.42 Å². The largest absolute Gasteiger partial charge is 0.481 e. The van der Waals surface area contributed by atoms with Gasteiger partial charge in [-0.2, -0.15) is 0 Å². The second-order valence-electron chi connectivity index (χ2n) is 2.47. The van der Waals surface area contributed by atoms with Gasteiger partial charge in [-0.05, 0) is 12.1 Å². The molecule has 0 radical (unpaired) electrons. The Hall–Kier alpha value is -2.08. The van der Waals surface area contributed by atoms with Crippen LogP contribution in [0.3, 0.4) is 0 Å². The summed E-state index contributed by atoms with van der Waals surface area (Å²) < 4.78 is 0. The van der Waals surface area contributed by atoms with Gasteiger partial charge in [0.15, 0.2) is 0 Å². The van der Waals surface area contributed by atoms with Gasteiger partial charge in [0.2, 0.25) is 0 Å². The van der Waals surface area contributed by atoms with Crippen LogP contribution >= 0.6 is 0 Å². The highest BCUT2D eigenvalue weighted by atomic mass is 16.4. The summed E-state index contributed by atoms with van der Waals surface area (Å²) in [5.41, 5.74) is 3.46. The van der Waals surface area contributed by atoms with E-state index in [4.69, 9.17) is 16.1 Å². The van der Waals surface area contributed by atoms with Gasteiger partial charge >= 0.3 is 11.9 Å². The molecule has 6 heteroatoms. The van der Waals surface area contributed by atoms with Gasteiger partial charge in [0, 0.05) is 5.69 Å². The zero-order valence-corrected chi connectivity index (χ0v) is 7.88. The standard InChI is InChI=1S/C6H8N2.C3H4O4/c7-8-6-4-2-1-3-5-6;4-2(5)1-3(6)7/h1-5,8H,7H2;1H2,(H,4,5)(H,6,7). The number of nitrogen functional groups attached to an aromatic ring is 1. The highest BCUT2D eigenvalue weighted by Crippen LogP contribution is 2.00. The summed E-state index contributed by atoms with van der Waals surface area (Å²) in [6.45, 7) is 0. The number of carboxylic acids is 2. The van der Waals surface area contributed by atoms with Crippen LogP contribution in [0.5, 0.6) is 0 Å². The normalized spacial score (nSPS) is 8.33. The van der Waals surface area contributed by atoms with Gasteiger partial charge in [0.05, 0.1) is 0 Å². The lowest BCUT2D eigenvalue weighted by molar-refractivity contribution is -0.147. The third-order valence-corrected chi connectivity index (χ3v) is 1.24. The molecule has 0 spiro atoms. The lowest BCUT2D eigenvalue weighted by Crippen LogP contribution is -2.05. The molecule has 6 nitrogen and oxygen atoms in total. The van der Waals surface area contributed by atoms with E-state index in [-0.39, 0.29) is 0 Å². The predicted molar refractivity (Wildman–Crippen MR) is 54.1 cm³/mol. The number of benzene rings is 1. The zero-order chi connectivity index (χ0) is 11.7. The highest BCUT2D eigenvalue weighted by Gasteiger charge is 2.01. The third kappa shape index (κ3) is 8.26. The molecule has 0 bridgehead atoms. The summed E-state index contributed by atoms with van der Waals surface area (Å²) >= 11 is 0. The molecule has 0 amide bonds. The molecule has 0 fully saturated rings. The van der Waals surface area contributed by atoms with Crippen LogP contribution in [0, 0.1) is 0 Å². The van der Waals surface area contributed by atoms with Crippen molar-refractivity contribution in [3.05, 3.63) is 30.3 Å². The fraction of sp³-hybridized carbons (Fsp3) is 0.111. The van der Waals surface area contributed by atoms with Gasteiger partial charge in [-0.1, -0.05) is 18.2 Å². The van der Waals surface area contributed by atoms with Gasteiger partial charge in [0.1, 0.15) is 6.42 Å². The Labute approximate surface area is 86.3 Å². The number of para-hydroxylation sites is 1. The molecule has 1 aromatic rings. The topological polar surface area (TPSA) is 113 Å². The Balaban J connectivity index is 0.000000265. The minimum atomic E-state index is -1.31. The summed E-state index contributed by atoms with van der Waals surface area (Å²) in [7, 11) is 0. The van der Waals surface area contributed by atoms with Crippen molar-refractivity contribution in [3.8, 4) is 0 Å². The molecule has 15 heavy (non-hydrogen) atoms. The maximum absolute atomic E-state index is 9.43. The van der Waals surface area contributed by atoms with E-state index in [1.165, 1.54) is 0 Å². The fourth-order valence-electron chi connectivity index (χ4n) is 0.664. The maximum Gasteiger partial charge on any atom is 0.314 e. The van der Waals surface area contributed by atoms with E-state index in [0.29, 0.717) is 0 Å². The van der Waals surface area contributed by atoms with Crippen molar-refractivity contribution < 1.29 is 19.8 Å². The van der Waals surface area contributed by atoms with Gasteiger partial charge in [-0.3, -0.25) is 15.4 Å². The summed E-state index contributed by atoms with van der Waals surface area (Å²) in [6.07, 6.45) is -0.806. The van der Waals surface area contributed by atoms with E-state index in [1.54, 1.807) is 0 Å². The van der Waals surface area contributed by atoms with Crippen LogP contribution in [-0.4, -0.2) is 22.2 Å². The molecule has 1 rings (SSSR count). The monoisotopic (exact) mass is 212 g/mol. The van der Waals surface area contributed by atoms with Crippen molar-refractivity contribution in [2.75, 3.05) is 5.43 Å². The number of aliphatic carboxylic acids is 2. The first kappa shape index (κ1) is 12.9. The molecule has 1 aromatic carbocycles. The molecule has 0 saturated carbocycles. The van der Waals surface area contributed by atoms with E-state index >= 15 is 0 Å². The molecule has 0 heterocycles. The lowest BCUT2D eigenvalue weighted by Gasteiger charge is -1.94. The van der Waals surface area contributed by atoms with Crippen LogP contribution in [0.1, 0.15) is 6.42 Å². The van der Waals surface area contributed by atoms with E-state index in [2.05, 4.69) is 5.43 Å². The van der Waals surface area contributed by atoms with Crippen molar-refractivity contribution in [1.29, 1.82) is 0 Å². The zero-order valence-electron chi connectivity index (χ0n) is 7.88. The first-order valence-electron chi connectivity index (χ1n) is 4.01. The molecule has 5 N–H and O–H groups in total. The molecular weight excluding hydrogens is 200 g/mol. The van der Waals surface area contributed by atoms with Crippen LogP contribution in [0.4, 0.5) is 5.69 Å². The third-order valence-electron chi connectivity index (χ3n) is 1.24. The Morgan fingerprint density at radius 1 is 1.13 bits per heavy atom. The van der Waals surface area contributed by atoms with Crippen LogP contribution in [-0.2, 0) is 9.59 Å². The molecule has 0 atom stereocenters.